The lowest BCUT2D eigenvalue weighted by atomic mass is 10.2. The monoisotopic (exact) mass is 408 g/mol. The van der Waals surface area contributed by atoms with Crippen LogP contribution in [0.4, 0.5) is 10.1 Å². The van der Waals surface area contributed by atoms with Crippen LogP contribution in [0.2, 0.25) is 0 Å². The third-order valence-corrected chi connectivity index (χ3v) is 4.30. The smallest absolute Gasteiger partial charge is 0.262 e. The molecule has 3 aromatic carbocycles. The molecule has 0 atom stereocenters. The number of halogens is 1. The molecule has 3 aromatic rings. The molecular weight excluding hydrogens is 383 g/mol. The van der Waals surface area contributed by atoms with Crippen LogP contribution in [0.1, 0.15) is 18.1 Å². The van der Waals surface area contributed by atoms with Gasteiger partial charge in [-0.05, 0) is 54.4 Å². The van der Waals surface area contributed by atoms with E-state index in [0.717, 1.165) is 16.8 Å². The molecule has 0 spiro atoms. The van der Waals surface area contributed by atoms with Crippen LogP contribution in [-0.2, 0) is 17.9 Å². The van der Waals surface area contributed by atoms with Crippen molar-refractivity contribution in [3.63, 3.8) is 0 Å². The summed E-state index contributed by atoms with van der Waals surface area (Å²) in [7, 11) is 0. The highest BCUT2D eigenvalue weighted by atomic mass is 19.1. The molecule has 3 rings (SSSR count). The second-order valence-corrected chi connectivity index (χ2v) is 6.65. The standard InChI is InChI=1S/C24H25FN2O3/c1-2-29-23-14-19(16-26-15-18-8-11-20(25)12-9-18)10-13-22(23)30-17-24(28)27-21-6-4-3-5-7-21/h3-14,26H,2,15-17H2,1H3,(H,27,28). The molecule has 0 aromatic heterocycles. The number of anilines is 1. The number of amides is 1. The third kappa shape index (κ3) is 6.60. The van der Waals surface area contributed by atoms with E-state index >= 15 is 0 Å². The normalized spacial score (nSPS) is 10.5. The minimum absolute atomic E-state index is 0.114. The number of ether oxygens (including phenoxy) is 2. The van der Waals surface area contributed by atoms with E-state index in [0.29, 0.717) is 31.2 Å². The van der Waals surface area contributed by atoms with Crippen molar-refractivity contribution >= 4 is 11.6 Å². The Labute approximate surface area is 175 Å². The van der Waals surface area contributed by atoms with E-state index in [-0.39, 0.29) is 18.3 Å². The zero-order valence-corrected chi connectivity index (χ0v) is 16.9. The number of para-hydroxylation sites is 1. The first-order valence-electron chi connectivity index (χ1n) is 9.82. The second-order valence-electron chi connectivity index (χ2n) is 6.65. The van der Waals surface area contributed by atoms with Crippen LogP contribution in [0.25, 0.3) is 0 Å². The van der Waals surface area contributed by atoms with Crippen molar-refractivity contribution in [2.45, 2.75) is 20.0 Å². The molecule has 0 unspecified atom stereocenters. The molecule has 0 saturated carbocycles. The van der Waals surface area contributed by atoms with Gasteiger partial charge in [0.25, 0.3) is 5.91 Å². The molecule has 0 radical (unpaired) electrons. The van der Waals surface area contributed by atoms with Crippen molar-refractivity contribution in [2.24, 2.45) is 0 Å². The highest BCUT2D eigenvalue weighted by Gasteiger charge is 2.10. The molecule has 5 nitrogen and oxygen atoms in total. The maximum atomic E-state index is 13.0. The Balaban J connectivity index is 1.54. The number of benzene rings is 3. The molecule has 0 heterocycles. The van der Waals surface area contributed by atoms with Crippen LogP contribution in [-0.4, -0.2) is 19.1 Å². The van der Waals surface area contributed by atoms with Crippen molar-refractivity contribution in [1.29, 1.82) is 0 Å². The summed E-state index contributed by atoms with van der Waals surface area (Å²) in [5, 5.41) is 6.10. The molecule has 0 saturated heterocycles. The van der Waals surface area contributed by atoms with Crippen molar-refractivity contribution < 1.29 is 18.7 Å². The van der Waals surface area contributed by atoms with Crippen LogP contribution in [0.5, 0.6) is 11.5 Å². The van der Waals surface area contributed by atoms with Gasteiger partial charge in [-0.3, -0.25) is 4.79 Å². The first kappa shape index (κ1) is 21.3. The summed E-state index contributed by atoms with van der Waals surface area (Å²) < 4.78 is 24.3. The first-order chi connectivity index (χ1) is 14.6. The summed E-state index contributed by atoms with van der Waals surface area (Å²) in [6.07, 6.45) is 0. The van der Waals surface area contributed by atoms with Gasteiger partial charge in [-0.2, -0.15) is 0 Å². The van der Waals surface area contributed by atoms with Gasteiger partial charge in [0.15, 0.2) is 18.1 Å². The second kappa shape index (κ2) is 11.0. The molecular formula is C24H25FN2O3. The van der Waals surface area contributed by atoms with Gasteiger partial charge in [0, 0.05) is 18.8 Å². The fourth-order valence-corrected chi connectivity index (χ4v) is 2.87. The maximum absolute atomic E-state index is 13.0. The molecule has 156 valence electrons. The number of carbonyl (C=O) groups is 1. The minimum Gasteiger partial charge on any atom is -0.490 e. The number of nitrogens with one attached hydrogen (secondary N) is 2. The SMILES string of the molecule is CCOc1cc(CNCc2ccc(F)cc2)ccc1OCC(=O)Nc1ccccc1. The van der Waals surface area contributed by atoms with Gasteiger partial charge < -0.3 is 20.1 Å². The highest BCUT2D eigenvalue weighted by Crippen LogP contribution is 2.28. The molecule has 0 aliphatic rings. The Bertz CT molecular complexity index is 946. The number of hydrogen-bond acceptors (Lipinski definition) is 4. The first-order valence-corrected chi connectivity index (χ1v) is 9.82. The van der Waals surface area contributed by atoms with Gasteiger partial charge in [-0.25, -0.2) is 4.39 Å². The Morgan fingerprint density at radius 2 is 1.57 bits per heavy atom. The van der Waals surface area contributed by atoms with Gasteiger partial charge in [0.2, 0.25) is 0 Å². The lowest BCUT2D eigenvalue weighted by Crippen LogP contribution is -2.20. The summed E-state index contributed by atoms with van der Waals surface area (Å²) in [6, 6.07) is 21.3. The third-order valence-electron chi connectivity index (χ3n) is 4.30. The zero-order chi connectivity index (χ0) is 21.2. The fourth-order valence-electron chi connectivity index (χ4n) is 2.87. The van der Waals surface area contributed by atoms with E-state index in [1.165, 1.54) is 12.1 Å². The summed E-state index contributed by atoms with van der Waals surface area (Å²) in [4.78, 5) is 12.1. The zero-order valence-electron chi connectivity index (χ0n) is 16.9. The van der Waals surface area contributed by atoms with Gasteiger partial charge in [0.1, 0.15) is 5.82 Å². The molecule has 0 aliphatic heterocycles. The highest BCUT2D eigenvalue weighted by molar-refractivity contribution is 5.91. The largest absolute Gasteiger partial charge is 0.490 e. The summed E-state index contributed by atoms with van der Waals surface area (Å²) >= 11 is 0. The summed E-state index contributed by atoms with van der Waals surface area (Å²) in [5.41, 5.74) is 2.74. The average molecular weight is 408 g/mol. The van der Waals surface area contributed by atoms with Crippen molar-refractivity contribution in [3.8, 4) is 11.5 Å². The summed E-state index contributed by atoms with van der Waals surface area (Å²) in [5.74, 6) is 0.621. The maximum Gasteiger partial charge on any atom is 0.262 e. The Kier molecular flexibility index (Phi) is 7.80. The number of carbonyl (C=O) groups excluding carboxylic acids is 1. The van der Waals surface area contributed by atoms with Crippen molar-refractivity contribution in [1.82, 2.24) is 5.32 Å². The van der Waals surface area contributed by atoms with E-state index in [9.17, 15) is 9.18 Å². The lowest BCUT2D eigenvalue weighted by Gasteiger charge is -2.14. The molecule has 0 bridgehead atoms. The van der Waals surface area contributed by atoms with Crippen molar-refractivity contribution in [3.05, 3.63) is 89.7 Å². The average Bonchev–Trinajstić information content (AvgIpc) is 2.75. The van der Waals surface area contributed by atoms with Crippen LogP contribution in [0.15, 0.2) is 72.8 Å². The van der Waals surface area contributed by atoms with E-state index < -0.39 is 0 Å². The molecule has 30 heavy (non-hydrogen) atoms. The quantitative estimate of drug-likeness (QED) is 0.517. The van der Waals surface area contributed by atoms with E-state index in [1.807, 2.05) is 49.4 Å². The van der Waals surface area contributed by atoms with Crippen LogP contribution in [0, 0.1) is 5.82 Å². The van der Waals surface area contributed by atoms with Crippen molar-refractivity contribution in [2.75, 3.05) is 18.5 Å². The molecule has 0 aliphatic carbocycles. The van der Waals surface area contributed by atoms with E-state index in [1.54, 1.807) is 18.2 Å². The molecule has 1 amide bonds. The fraction of sp³-hybridized carbons (Fsp3) is 0.208. The van der Waals surface area contributed by atoms with Gasteiger partial charge >= 0.3 is 0 Å². The Hall–Kier alpha value is -3.38. The lowest BCUT2D eigenvalue weighted by molar-refractivity contribution is -0.118. The van der Waals surface area contributed by atoms with Crippen LogP contribution >= 0.6 is 0 Å². The van der Waals surface area contributed by atoms with Crippen LogP contribution < -0.4 is 20.1 Å². The van der Waals surface area contributed by atoms with Crippen LogP contribution in [0.3, 0.4) is 0 Å². The number of rotatable bonds is 10. The number of hydrogen-bond donors (Lipinski definition) is 2. The van der Waals surface area contributed by atoms with Gasteiger partial charge in [-0.15, -0.1) is 0 Å². The predicted molar refractivity (Wildman–Crippen MR) is 115 cm³/mol. The molecule has 2 N–H and O–H groups in total. The van der Waals surface area contributed by atoms with E-state index in [2.05, 4.69) is 10.6 Å². The van der Waals surface area contributed by atoms with Gasteiger partial charge in [-0.1, -0.05) is 36.4 Å². The topological polar surface area (TPSA) is 59.6 Å². The van der Waals surface area contributed by atoms with Gasteiger partial charge in [0.05, 0.1) is 6.61 Å². The minimum atomic E-state index is -0.242. The Morgan fingerprint density at radius 3 is 2.30 bits per heavy atom. The van der Waals surface area contributed by atoms with E-state index in [4.69, 9.17) is 9.47 Å². The molecule has 0 fully saturated rings. The predicted octanol–water partition coefficient (Wildman–Crippen LogP) is 4.53. The molecule has 6 heteroatoms. The summed E-state index contributed by atoms with van der Waals surface area (Å²) in [6.45, 7) is 3.51. The Morgan fingerprint density at radius 1 is 0.867 bits per heavy atom.